The van der Waals surface area contributed by atoms with Crippen molar-refractivity contribution in [3.8, 4) is 0 Å². The van der Waals surface area contributed by atoms with Gasteiger partial charge in [-0.05, 0) is 43.9 Å². The number of benzene rings is 1. The Morgan fingerprint density at radius 3 is 2.74 bits per heavy atom. The van der Waals surface area contributed by atoms with Crippen LogP contribution in [0, 0.1) is 13.7 Å². The van der Waals surface area contributed by atoms with Gasteiger partial charge < -0.3 is 10.7 Å². The third-order valence-corrected chi connectivity index (χ3v) is 2.92. The van der Waals surface area contributed by atoms with Crippen LogP contribution in [0.4, 0.5) is 5.69 Å². The van der Waals surface area contributed by atoms with Crippen LogP contribution < -0.4 is 11.4 Å². The van der Waals surface area contributed by atoms with Crippen molar-refractivity contribution in [2.45, 2.75) is 18.6 Å². The highest BCUT2D eigenvalue weighted by Crippen LogP contribution is 2.13. The Hall–Kier alpha value is -2.15. The van der Waals surface area contributed by atoms with Gasteiger partial charge in [0.2, 0.25) is 5.62 Å². The van der Waals surface area contributed by atoms with Gasteiger partial charge in [0.15, 0.2) is 0 Å². The van der Waals surface area contributed by atoms with Crippen LogP contribution in [0.1, 0.15) is 26.5 Å². The molecule has 0 bridgehead atoms. The monoisotopic (exact) mass is 289 g/mol. The van der Waals surface area contributed by atoms with Gasteiger partial charge >= 0.3 is 0 Å². The zero-order valence-corrected chi connectivity index (χ0v) is 10.0. The van der Waals surface area contributed by atoms with Gasteiger partial charge in [0.1, 0.15) is 0 Å². The number of hydrogen-bond donors (Lipinski definition) is 2. The van der Waals surface area contributed by atoms with E-state index < -0.39 is 81.5 Å². The molecule has 2 rings (SSSR count). The first-order valence-electron chi connectivity index (χ1n) is 10.2. The molecule has 0 spiro atoms. The van der Waals surface area contributed by atoms with Crippen molar-refractivity contribution in [1.29, 1.82) is 0 Å². The van der Waals surface area contributed by atoms with Crippen molar-refractivity contribution in [2.24, 2.45) is 4.40 Å². The van der Waals surface area contributed by atoms with Crippen molar-refractivity contribution in [3.05, 3.63) is 47.2 Å². The predicted octanol–water partition coefficient (Wildman–Crippen LogP) is 0.898. The third kappa shape index (κ3) is 3.19. The van der Waals surface area contributed by atoms with Crippen LogP contribution >= 0.6 is 0 Å². The van der Waals surface area contributed by atoms with E-state index in [0.29, 0.717) is 0 Å². The van der Waals surface area contributed by atoms with Gasteiger partial charge in [0, 0.05) is 25.3 Å². The van der Waals surface area contributed by atoms with Crippen molar-refractivity contribution < 1.29 is 23.5 Å². The molecule has 2 aromatic rings. The Kier molecular flexibility index (Phi) is 1.30. The zero-order chi connectivity index (χ0) is 23.4. The number of nitrogen functional groups attached to an aromatic ring is 1. The number of H-pyrrole nitrogens is 1. The van der Waals surface area contributed by atoms with E-state index in [-0.39, 0.29) is 0 Å². The topological polar surface area (TPSA) is 101 Å². The van der Waals surface area contributed by atoms with Gasteiger partial charge in [-0.3, -0.25) is 0 Å². The molecule has 1 aromatic carbocycles. The molecule has 0 radical (unpaired) electrons. The smallest absolute Gasteiger partial charge is 0.285 e. The van der Waals surface area contributed by atoms with Crippen LogP contribution in [-0.2, 0) is 10.0 Å². The second-order valence-electron chi connectivity index (χ2n) is 3.22. The highest BCUT2D eigenvalue weighted by atomic mass is 32.2. The molecule has 0 aliphatic rings. The molecule has 100 valence electrons. The van der Waals surface area contributed by atoms with Crippen LogP contribution in [0.3, 0.4) is 0 Å². The highest BCUT2D eigenvalue weighted by molar-refractivity contribution is 7.90. The summed E-state index contributed by atoms with van der Waals surface area (Å²) in [6.07, 6.45) is 0. The molecule has 0 aliphatic carbocycles. The van der Waals surface area contributed by atoms with E-state index in [1.807, 2.05) is 4.98 Å². The van der Waals surface area contributed by atoms with Crippen molar-refractivity contribution in [2.75, 3.05) is 5.73 Å². The maximum Gasteiger partial charge on any atom is 0.285 e. The molecule has 0 fully saturated rings. The average molecular weight is 289 g/mol. The zero-order valence-electron chi connectivity index (χ0n) is 20.2. The van der Waals surface area contributed by atoms with E-state index in [1.54, 1.807) is 0 Å². The second-order valence-corrected chi connectivity index (χ2v) is 4.76. The number of aromatic nitrogens is 2. The van der Waals surface area contributed by atoms with E-state index in [2.05, 4.69) is 9.38 Å². The first kappa shape index (κ1) is 5.09. The lowest BCUT2D eigenvalue weighted by Gasteiger charge is -2.00. The summed E-state index contributed by atoms with van der Waals surface area (Å²) in [5.41, 5.74) is 1.80. The minimum absolute atomic E-state index is 0.596. The normalized spacial score (nSPS) is 22.3. The van der Waals surface area contributed by atoms with Gasteiger partial charge in [-0.25, -0.2) is 4.98 Å². The van der Waals surface area contributed by atoms with Crippen LogP contribution in [-0.4, -0.2) is 18.4 Å². The average Bonchev–Trinajstić information content (AvgIpc) is 2.57. The number of aromatic amines is 1. The van der Waals surface area contributed by atoms with Crippen LogP contribution in [0.15, 0.2) is 39.5 Å². The molecule has 6 nitrogen and oxygen atoms in total. The quantitative estimate of drug-likeness (QED) is 0.802. The fourth-order valence-corrected chi connectivity index (χ4v) is 1.83. The number of nitrogens with two attached hydrogens (primary N) is 1. The lowest BCUT2D eigenvalue weighted by molar-refractivity contribution is 0.596. The van der Waals surface area contributed by atoms with E-state index >= 15 is 0 Å². The molecule has 1 heterocycles. The van der Waals surface area contributed by atoms with E-state index in [1.165, 1.54) is 0 Å². The molecule has 7 heteroatoms. The maximum atomic E-state index is 12.7. The Morgan fingerprint density at radius 2 is 2.11 bits per heavy atom. The van der Waals surface area contributed by atoms with Crippen molar-refractivity contribution >= 4 is 15.7 Å². The summed E-state index contributed by atoms with van der Waals surface area (Å²) in [7, 11) is -5.04. The summed E-state index contributed by atoms with van der Waals surface area (Å²) in [6.45, 7) is -6.12. The Labute approximate surface area is 126 Å². The number of nitrogens with one attached hydrogen (secondary N) is 1. The molecular formula is C12H14N4O2S. The standard InChI is InChI=1S/C12H14N4O2S/c1-8-7-9(2)15-12(14-8)16-19(17,18)11-5-3-10(13)4-6-11/h3-7H,13H2,1-2H3,(H,14,15,16)/i1D3,2D3,3D,4D,5D,6D,7D. The van der Waals surface area contributed by atoms with E-state index in [4.69, 9.17) is 20.8 Å². The second kappa shape index (κ2) is 4.85. The number of sulfonamides is 1. The Morgan fingerprint density at radius 1 is 1.37 bits per heavy atom. The van der Waals surface area contributed by atoms with Crippen LogP contribution in [0.2, 0.25) is 0 Å². The van der Waals surface area contributed by atoms with Gasteiger partial charge in [-0.1, -0.05) is 0 Å². The van der Waals surface area contributed by atoms with Gasteiger partial charge in [-0.2, -0.15) is 8.42 Å². The lowest BCUT2D eigenvalue weighted by atomic mass is 10.3. The Bertz CT molecular complexity index is 1130. The lowest BCUT2D eigenvalue weighted by Crippen LogP contribution is -2.17. The van der Waals surface area contributed by atoms with Gasteiger partial charge in [0.25, 0.3) is 10.0 Å². The van der Waals surface area contributed by atoms with E-state index in [9.17, 15) is 8.42 Å². The summed E-state index contributed by atoms with van der Waals surface area (Å²) in [5.74, 6) is 0. The number of rotatable bonds is 2. The fraction of sp³-hybridized carbons (Fsp3) is 0.167. The molecule has 0 saturated heterocycles. The summed E-state index contributed by atoms with van der Waals surface area (Å²) < 4.78 is 111. The molecule has 0 saturated carbocycles. The molecule has 0 unspecified atom stereocenters. The van der Waals surface area contributed by atoms with Crippen LogP contribution in [0.25, 0.3) is 0 Å². The largest absolute Gasteiger partial charge is 0.399 e. The molecule has 0 amide bonds. The Balaban J connectivity index is 2.94. The summed E-state index contributed by atoms with van der Waals surface area (Å²) >= 11 is 0. The molecule has 0 atom stereocenters. The first-order valence-corrected chi connectivity index (χ1v) is 6.12. The SMILES string of the molecule is [2H]c1c(C([2H])([2H])[2H])n/c(=N\S(=O)(=O)c2c([2H])c([2H])c(N)c([2H])c2[2H])[nH]c1C([2H])([2H])[2H]. The maximum absolute atomic E-state index is 12.7. The van der Waals surface area contributed by atoms with Gasteiger partial charge in [-0.15, -0.1) is 4.40 Å². The molecule has 3 N–H and O–H groups in total. The number of hydrogen-bond acceptors (Lipinski definition) is 4. The van der Waals surface area contributed by atoms with E-state index in [0.717, 1.165) is 0 Å². The molecule has 0 aliphatic heterocycles. The summed E-state index contributed by atoms with van der Waals surface area (Å²) in [4.78, 5) is 4.22. The summed E-state index contributed by atoms with van der Waals surface area (Å²) in [6, 6.07) is -4.71. The number of anilines is 1. The van der Waals surface area contributed by atoms with Crippen LogP contribution in [0.5, 0.6) is 0 Å². The molecular weight excluding hydrogens is 264 g/mol. The third-order valence-electron chi connectivity index (χ3n) is 1.78. The predicted molar refractivity (Wildman–Crippen MR) is 71.7 cm³/mol. The minimum atomic E-state index is -5.04. The number of aryl methyl sites for hydroxylation is 2. The molecule has 19 heavy (non-hydrogen) atoms. The van der Waals surface area contributed by atoms with Crippen molar-refractivity contribution in [3.63, 3.8) is 0 Å². The minimum Gasteiger partial charge on any atom is -0.399 e. The first-order chi connectivity index (χ1) is 13.4. The van der Waals surface area contributed by atoms with Crippen molar-refractivity contribution in [1.82, 2.24) is 9.97 Å². The van der Waals surface area contributed by atoms with Gasteiger partial charge in [0.05, 0.1) is 11.7 Å². The fourth-order valence-electron chi connectivity index (χ4n) is 1.07. The molecule has 1 aromatic heterocycles. The summed E-state index contributed by atoms with van der Waals surface area (Å²) in [5, 5.41) is 0. The number of nitrogens with zero attached hydrogens (tertiary/aromatic N) is 2. The highest BCUT2D eigenvalue weighted by Gasteiger charge is 2.12.